The van der Waals surface area contributed by atoms with Crippen molar-refractivity contribution in [3.63, 3.8) is 0 Å². The molecule has 0 radical (unpaired) electrons. The number of allylic oxidation sites excluding steroid dienone is 2. The molecule has 1 atom stereocenters. The molecule has 0 fully saturated rings. The fourth-order valence-electron chi connectivity index (χ4n) is 4.08. The zero-order chi connectivity index (χ0) is 22.8. The van der Waals surface area contributed by atoms with E-state index in [2.05, 4.69) is 21.4 Å². The van der Waals surface area contributed by atoms with Crippen LogP contribution in [0.2, 0.25) is 0 Å². The highest BCUT2D eigenvalue weighted by atomic mass is 16.5. The Morgan fingerprint density at radius 3 is 2.84 bits per heavy atom. The summed E-state index contributed by atoms with van der Waals surface area (Å²) in [6, 6.07) is 7.23. The SMILES string of the molecule is COc1cc(C#N)ccc1[C@H]1C(C(N)=O)=C(C)Nc2c(C)cnc(OCC3=NC=CC3)c21. The number of pyridine rings is 1. The first-order valence-corrected chi connectivity index (χ1v) is 10.1. The van der Waals surface area contributed by atoms with Crippen molar-refractivity contribution in [2.75, 3.05) is 19.0 Å². The van der Waals surface area contributed by atoms with E-state index in [1.165, 1.54) is 7.11 Å². The van der Waals surface area contributed by atoms with Crippen molar-refractivity contribution in [1.82, 2.24) is 4.98 Å². The second-order valence-corrected chi connectivity index (χ2v) is 7.64. The fraction of sp³-hybridized carbons (Fsp3) is 0.250. The number of nitrogens with two attached hydrogens (primary N) is 1. The van der Waals surface area contributed by atoms with E-state index in [4.69, 9.17) is 15.2 Å². The van der Waals surface area contributed by atoms with E-state index in [0.29, 0.717) is 39.6 Å². The molecule has 8 heteroatoms. The maximum absolute atomic E-state index is 12.6. The zero-order valence-corrected chi connectivity index (χ0v) is 18.1. The van der Waals surface area contributed by atoms with Gasteiger partial charge in [-0.2, -0.15) is 5.26 Å². The monoisotopic (exact) mass is 429 g/mol. The smallest absolute Gasteiger partial charge is 0.247 e. The number of amides is 1. The number of nitrogens with one attached hydrogen (secondary N) is 1. The molecule has 2 aliphatic heterocycles. The van der Waals surface area contributed by atoms with Gasteiger partial charge in [0.2, 0.25) is 11.8 Å². The first-order chi connectivity index (χ1) is 15.4. The fourth-order valence-corrected chi connectivity index (χ4v) is 4.08. The van der Waals surface area contributed by atoms with Crippen LogP contribution in [0.5, 0.6) is 11.6 Å². The molecule has 4 rings (SSSR count). The maximum atomic E-state index is 12.6. The number of carbonyl (C=O) groups is 1. The van der Waals surface area contributed by atoms with Crippen LogP contribution in [-0.4, -0.2) is 30.3 Å². The second-order valence-electron chi connectivity index (χ2n) is 7.64. The van der Waals surface area contributed by atoms with Gasteiger partial charge in [-0.05, 0) is 31.5 Å². The number of primary amides is 1. The highest BCUT2D eigenvalue weighted by Crippen LogP contribution is 2.48. The number of hydrogen-bond acceptors (Lipinski definition) is 7. The Morgan fingerprint density at radius 1 is 1.38 bits per heavy atom. The molecule has 2 aliphatic rings. The average Bonchev–Trinajstić information content (AvgIpc) is 3.31. The summed E-state index contributed by atoms with van der Waals surface area (Å²) in [5, 5.41) is 12.6. The van der Waals surface area contributed by atoms with E-state index in [0.717, 1.165) is 23.4 Å². The highest BCUT2D eigenvalue weighted by molar-refractivity contribution is 5.98. The van der Waals surface area contributed by atoms with E-state index in [-0.39, 0.29) is 6.61 Å². The molecule has 0 spiro atoms. The summed E-state index contributed by atoms with van der Waals surface area (Å²) in [4.78, 5) is 21.4. The molecule has 8 nitrogen and oxygen atoms in total. The number of benzene rings is 1. The van der Waals surface area contributed by atoms with Crippen LogP contribution in [0.15, 0.2) is 52.9 Å². The molecular formula is C24H23N5O3. The highest BCUT2D eigenvalue weighted by Gasteiger charge is 2.37. The molecule has 3 heterocycles. The lowest BCUT2D eigenvalue weighted by Crippen LogP contribution is -2.29. The Bertz CT molecular complexity index is 1240. The molecule has 0 bridgehead atoms. The number of anilines is 1. The Kier molecular flexibility index (Phi) is 5.65. The molecule has 1 aromatic heterocycles. The molecule has 0 aliphatic carbocycles. The van der Waals surface area contributed by atoms with Gasteiger partial charge in [-0.15, -0.1) is 0 Å². The van der Waals surface area contributed by atoms with Crippen LogP contribution in [0.1, 0.15) is 41.5 Å². The third kappa shape index (κ3) is 3.69. The number of ether oxygens (including phenoxy) is 2. The van der Waals surface area contributed by atoms with E-state index in [1.807, 2.05) is 19.9 Å². The molecule has 2 aromatic rings. The van der Waals surface area contributed by atoms with E-state index in [9.17, 15) is 10.1 Å². The van der Waals surface area contributed by atoms with E-state index in [1.54, 1.807) is 30.6 Å². The Balaban J connectivity index is 1.91. The Morgan fingerprint density at radius 2 is 2.19 bits per heavy atom. The summed E-state index contributed by atoms with van der Waals surface area (Å²) in [6.45, 7) is 4.02. The van der Waals surface area contributed by atoms with Gasteiger partial charge in [0, 0.05) is 35.7 Å². The van der Waals surface area contributed by atoms with Crippen molar-refractivity contribution in [2.45, 2.75) is 26.2 Å². The van der Waals surface area contributed by atoms with Gasteiger partial charge in [0.15, 0.2) is 0 Å². The lowest BCUT2D eigenvalue weighted by molar-refractivity contribution is -0.114. The van der Waals surface area contributed by atoms with Gasteiger partial charge in [-0.1, -0.05) is 12.1 Å². The second kappa shape index (κ2) is 8.55. The largest absolute Gasteiger partial charge is 0.496 e. The molecule has 1 amide bonds. The van der Waals surface area contributed by atoms with Crippen LogP contribution in [0.25, 0.3) is 0 Å². The molecule has 3 N–H and O–H groups in total. The molecule has 0 saturated carbocycles. The Hall–Kier alpha value is -4.12. The molecule has 162 valence electrons. The number of aromatic nitrogens is 1. The summed E-state index contributed by atoms with van der Waals surface area (Å²) >= 11 is 0. The number of carbonyl (C=O) groups excluding carboxylic acids is 1. The van der Waals surface area contributed by atoms with Crippen LogP contribution in [0.3, 0.4) is 0 Å². The number of methoxy groups -OCH3 is 1. The normalized spacial score (nSPS) is 16.7. The first-order valence-electron chi connectivity index (χ1n) is 10.1. The summed E-state index contributed by atoms with van der Waals surface area (Å²) < 4.78 is 11.7. The predicted molar refractivity (Wildman–Crippen MR) is 121 cm³/mol. The van der Waals surface area contributed by atoms with E-state index < -0.39 is 11.8 Å². The van der Waals surface area contributed by atoms with E-state index >= 15 is 0 Å². The zero-order valence-electron chi connectivity index (χ0n) is 18.1. The van der Waals surface area contributed by atoms with Crippen molar-refractivity contribution in [1.29, 1.82) is 5.26 Å². The number of rotatable bonds is 6. The molecule has 1 aromatic carbocycles. The third-order valence-electron chi connectivity index (χ3n) is 5.59. The number of aliphatic imine (C=N–C) groups is 1. The number of nitriles is 1. The lowest BCUT2D eigenvalue weighted by Gasteiger charge is -2.32. The van der Waals surface area contributed by atoms with Crippen molar-refractivity contribution in [3.8, 4) is 17.7 Å². The average molecular weight is 429 g/mol. The standard InChI is InChI=1S/C24H23N5O3/c1-13-11-28-24(32-12-16-5-4-8-27-16)21-20(19(23(26)30)14(2)29-22(13)21)17-7-6-15(10-25)9-18(17)31-3/h4,6-9,11,20,29H,5,12H2,1-3H3,(H2,26,30)/t20-/m0/s1. The van der Waals surface area contributed by atoms with Crippen LogP contribution >= 0.6 is 0 Å². The summed E-state index contributed by atoms with van der Waals surface area (Å²) in [5.74, 6) is -0.285. The van der Waals surface area contributed by atoms with Gasteiger partial charge >= 0.3 is 0 Å². The summed E-state index contributed by atoms with van der Waals surface area (Å²) in [7, 11) is 1.53. The molecule has 32 heavy (non-hydrogen) atoms. The van der Waals surface area contributed by atoms with Crippen molar-refractivity contribution in [3.05, 3.63) is 70.2 Å². The van der Waals surface area contributed by atoms with Crippen molar-refractivity contribution in [2.24, 2.45) is 10.7 Å². The van der Waals surface area contributed by atoms with Crippen LogP contribution in [-0.2, 0) is 4.79 Å². The number of nitrogens with zero attached hydrogens (tertiary/aromatic N) is 3. The van der Waals surface area contributed by atoms with Gasteiger partial charge < -0.3 is 20.5 Å². The number of aryl methyl sites for hydroxylation is 1. The van der Waals surface area contributed by atoms with Gasteiger partial charge in [0.05, 0.1) is 41.6 Å². The van der Waals surface area contributed by atoms with Crippen LogP contribution < -0.4 is 20.5 Å². The van der Waals surface area contributed by atoms with Crippen molar-refractivity contribution >= 4 is 17.3 Å². The van der Waals surface area contributed by atoms with Crippen LogP contribution in [0, 0.1) is 18.3 Å². The minimum Gasteiger partial charge on any atom is -0.496 e. The Labute approximate surface area is 186 Å². The van der Waals surface area contributed by atoms with Gasteiger partial charge in [-0.3, -0.25) is 9.79 Å². The lowest BCUT2D eigenvalue weighted by atomic mass is 9.79. The third-order valence-corrected chi connectivity index (χ3v) is 5.59. The minimum atomic E-state index is -0.586. The number of hydrogen-bond donors (Lipinski definition) is 2. The predicted octanol–water partition coefficient (Wildman–Crippen LogP) is 3.32. The minimum absolute atomic E-state index is 0.279. The van der Waals surface area contributed by atoms with Gasteiger partial charge in [-0.25, -0.2) is 4.98 Å². The van der Waals surface area contributed by atoms with Gasteiger partial charge in [0.25, 0.3) is 0 Å². The van der Waals surface area contributed by atoms with Gasteiger partial charge in [0.1, 0.15) is 12.4 Å². The first kappa shape index (κ1) is 21.1. The topological polar surface area (TPSA) is 123 Å². The molecular weight excluding hydrogens is 406 g/mol. The quantitative estimate of drug-likeness (QED) is 0.726. The van der Waals surface area contributed by atoms with Crippen molar-refractivity contribution < 1.29 is 14.3 Å². The summed E-state index contributed by atoms with van der Waals surface area (Å²) in [5.41, 5.74) is 11.3. The van der Waals surface area contributed by atoms with Crippen LogP contribution in [0.4, 0.5) is 5.69 Å². The maximum Gasteiger partial charge on any atom is 0.247 e. The number of fused-ring (bicyclic) bond motifs is 1. The molecule has 0 unspecified atom stereocenters. The summed E-state index contributed by atoms with van der Waals surface area (Å²) in [6.07, 6.45) is 6.16. The molecule has 0 saturated heterocycles.